The van der Waals surface area contributed by atoms with E-state index in [4.69, 9.17) is 0 Å². The first-order chi connectivity index (χ1) is 9.97. The van der Waals surface area contributed by atoms with Crippen LogP contribution < -0.4 is 0 Å². The predicted octanol–water partition coefficient (Wildman–Crippen LogP) is 4.83. The summed E-state index contributed by atoms with van der Waals surface area (Å²) in [6.07, 6.45) is 0.961. The van der Waals surface area contributed by atoms with Crippen LogP contribution in [0.3, 0.4) is 0 Å². The molecule has 1 aliphatic rings. The van der Waals surface area contributed by atoms with Crippen molar-refractivity contribution in [3.05, 3.63) is 59.7 Å². The van der Waals surface area contributed by atoms with E-state index >= 15 is 0 Å². The maximum Gasteiger partial charge on any atom is 0.0809 e. The van der Waals surface area contributed by atoms with Crippen molar-refractivity contribution in [3.8, 4) is 0 Å². The molecule has 2 nitrogen and oxygen atoms in total. The van der Waals surface area contributed by atoms with Gasteiger partial charge in [-0.3, -0.25) is 0 Å². The second kappa shape index (κ2) is 4.99. The van der Waals surface area contributed by atoms with Crippen molar-refractivity contribution in [2.45, 2.75) is 37.5 Å². The SMILES string of the molecule is CC[C@]1(C)C[S@](=O)(c2ccc(C)cc2)=Nc2ccccc21. The summed E-state index contributed by atoms with van der Waals surface area (Å²) in [7, 11) is -2.39. The summed E-state index contributed by atoms with van der Waals surface area (Å²) >= 11 is 0. The largest absolute Gasteiger partial charge is 0.244 e. The maximum atomic E-state index is 13.5. The van der Waals surface area contributed by atoms with Crippen molar-refractivity contribution in [2.24, 2.45) is 4.36 Å². The molecule has 1 heterocycles. The van der Waals surface area contributed by atoms with Gasteiger partial charge in [-0.25, -0.2) is 4.21 Å². The molecule has 1 aliphatic heterocycles. The Morgan fingerprint density at radius 3 is 2.48 bits per heavy atom. The molecule has 0 bridgehead atoms. The van der Waals surface area contributed by atoms with E-state index in [1.807, 2.05) is 49.4 Å². The minimum absolute atomic E-state index is 0.0830. The fourth-order valence-corrected chi connectivity index (χ4v) is 5.54. The molecule has 0 aliphatic carbocycles. The third-order valence-electron chi connectivity index (χ3n) is 4.48. The van der Waals surface area contributed by atoms with Gasteiger partial charge in [0.2, 0.25) is 0 Å². The number of hydrogen-bond donors (Lipinski definition) is 0. The van der Waals surface area contributed by atoms with Crippen molar-refractivity contribution in [2.75, 3.05) is 5.75 Å². The van der Waals surface area contributed by atoms with Gasteiger partial charge in [0.1, 0.15) is 0 Å². The summed E-state index contributed by atoms with van der Waals surface area (Å²) in [6.45, 7) is 6.41. The molecule has 110 valence electrons. The summed E-state index contributed by atoms with van der Waals surface area (Å²) in [5.41, 5.74) is 3.20. The number of nitrogens with zero attached hydrogens (tertiary/aromatic N) is 1. The smallest absolute Gasteiger partial charge is 0.0809 e. The Bertz CT molecular complexity index is 785. The molecule has 2 aromatic carbocycles. The average Bonchev–Trinajstić information content (AvgIpc) is 2.47. The van der Waals surface area contributed by atoms with Gasteiger partial charge in [0, 0.05) is 16.1 Å². The number of fused-ring (bicyclic) bond motifs is 1. The van der Waals surface area contributed by atoms with Crippen LogP contribution >= 0.6 is 0 Å². The van der Waals surface area contributed by atoms with Crippen LogP contribution in [-0.2, 0) is 15.1 Å². The van der Waals surface area contributed by atoms with E-state index < -0.39 is 9.73 Å². The Balaban J connectivity index is 2.23. The predicted molar refractivity (Wildman–Crippen MR) is 88.6 cm³/mol. The molecule has 0 fully saturated rings. The zero-order chi connectivity index (χ0) is 15.1. The van der Waals surface area contributed by atoms with Gasteiger partial charge in [0.05, 0.1) is 15.4 Å². The Hall–Kier alpha value is -1.61. The van der Waals surface area contributed by atoms with Crippen LogP contribution in [-0.4, -0.2) is 9.96 Å². The number of benzene rings is 2. The summed E-state index contributed by atoms with van der Waals surface area (Å²) in [4.78, 5) is 0.849. The van der Waals surface area contributed by atoms with Crippen LogP contribution in [0.25, 0.3) is 0 Å². The van der Waals surface area contributed by atoms with Crippen LogP contribution in [0.15, 0.2) is 57.8 Å². The van der Waals surface area contributed by atoms with Gasteiger partial charge in [-0.2, -0.15) is 4.36 Å². The second-order valence-electron chi connectivity index (χ2n) is 6.12. The van der Waals surface area contributed by atoms with Crippen LogP contribution in [0.5, 0.6) is 0 Å². The van der Waals surface area contributed by atoms with Crippen molar-refractivity contribution < 1.29 is 4.21 Å². The lowest BCUT2D eigenvalue weighted by atomic mass is 9.81. The zero-order valence-corrected chi connectivity index (χ0v) is 13.6. The molecule has 0 saturated carbocycles. The van der Waals surface area contributed by atoms with Gasteiger partial charge in [-0.1, -0.05) is 49.7 Å². The highest BCUT2D eigenvalue weighted by molar-refractivity contribution is 7.93. The topological polar surface area (TPSA) is 29.4 Å². The average molecular weight is 299 g/mol. The van der Waals surface area contributed by atoms with E-state index in [9.17, 15) is 4.21 Å². The molecular weight excluding hydrogens is 278 g/mol. The van der Waals surface area contributed by atoms with E-state index in [1.54, 1.807) is 0 Å². The summed E-state index contributed by atoms with van der Waals surface area (Å²) in [6, 6.07) is 16.1. The highest BCUT2D eigenvalue weighted by Gasteiger charge is 2.36. The highest BCUT2D eigenvalue weighted by atomic mass is 32.2. The molecule has 0 N–H and O–H groups in total. The number of rotatable bonds is 2. The molecule has 0 amide bonds. The van der Waals surface area contributed by atoms with E-state index in [0.717, 1.165) is 17.0 Å². The summed E-state index contributed by atoms with van der Waals surface area (Å²) in [5, 5.41) is 0. The fraction of sp³-hybridized carbons (Fsp3) is 0.333. The molecule has 0 aromatic heterocycles. The van der Waals surface area contributed by atoms with Crippen LogP contribution in [0, 0.1) is 6.92 Å². The van der Waals surface area contributed by atoms with Crippen LogP contribution in [0.2, 0.25) is 0 Å². The minimum Gasteiger partial charge on any atom is -0.244 e. The Kier molecular flexibility index (Phi) is 3.40. The molecule has 3 heteroatoms. The monoisotopic (exact) mass is 299 g/mol. The van der Waals surface area contributed by atoms with Crippen LogP contribution in [0.1, 0.15) is 31.4 Å². The first-order valence-corrected chi connectivity index (χ1v) is 9.06. The van der Waals surface area contributed by atoms with Gasteiger partial charge < -0.3 is 0 Å². The molecule has 0 unspecified atom stereocenters. The molecule has 0 radical (unpaired) electrons. The second-order valence-corrected chi connectivity index (χ2v) is 8.34. The van der Waals surface area contributed by atoms with Crippen molar-refractivity contribution in [1.29, 1.82) is 0 Å². The third-order valence-corrected chi connectivity index (χ3v) is 7.01. The molecule has 2 atom stereocenters. The van der Waals surface area contributed by atoms with Gasteiger partial charge in [-0.05, 0) is 37.1 Å². The number of hydrogen-bond acceptors (Lipinski definition) is 2. The number of aryl methyl sites for hydroxylation is 1. The Morgan fingerprint density at radius 1 is 1.14 bits per heavy atom. The van der Waals surface area contributed by atoms with Gasteiger partial charge in [0.25, 0.3) is 0 Å². The van der Waals surface area contributed by atoms with Crippen molar-refractivity contribution in [3.63, 3.8) is 0 Å². The minimum atomic E-state index is -2.39. The molecule has 0 spiro atoms. The molecule has 21 heavy (non-hydrogen) atoms. The van der Waals surface area contributed by atoms with E-state index in [-0.39, 0.29) is 5.41 Å². The first kappa shape index (κ1) is 14.3. The molecule has 2 aromatic rings. The quantitative estimate of drug-likeness (QED) is 0.780. The third kappa shape index (κ3) is 2.40. The highest BCUT2D eigenvalue weighted by Crippen LogP contribution is 2.42. The molecule has 0 saturated heterocycles. The van der Waals surface area contributed by atoms with Gasteiger partial charge in [0.15, 0.2) is 0 Å². The summed E-state index contributed by atoms with van der Waals surface area (Å²) in [5.74, 6) is 0.594. The lowest BCUT2D eigenvalue weighted by Crippen LogP contribution is -2.33. The normalized spacial score (nSPS) is 27.8. The van der Waals surface area contributed by atoms with Crippen molar-refractivity contribution in [1.82, 2.24) is 0 Å². The van der Waals surface area contributed by atoms with E-state index in [2.05, 4.69) is 24.3 Å². The first-order valence-electron chi connectivity index (χ1n) is 7.38. The molecule has 3 rings (SSSR count). The van der Waals surface area contributed by atoms with Gasteiger partial charge >= 0.3 is 0 Å². The lowest BCUT2D eigenvalue weighted by molar-refractivity contribution is 0.504. The van der Waals surface area contributed by atoms with E-state index in [0.29, 0.717) is 5.75 Å². The Morgan fingerprint density at radius 2 is 1.81 bits per heavy atom. The van der Waals surface area contributed by atoms with E-state index in [1.165, 1.54) is 11.1 Å². The zero-order valence-electron chi connectivity index (χ0n) is 12.8. The van der Waals surface area contributed by atoms with Crippen molar-refractivity contribution >= 4 is 15.4 Å². The molecular formula is C18H21NOS. The Labute approximate surface area is 127 Å². The fourth-order valence-electron chi connectivity index (χ4n) is 2.94. The standard InChI is InChI=1S/C18H21NOS/c1-4-18(3)13-21(20,15-11-9-14(2)10-12-15)19-17-8-6-5-7-16(17)18/h5-12H,4,13H2,1-3H3/t18-,21+/m1/s1. The van der Waals surface area contributed by atoms with Crippen LogP contribution in [0.4, 0.5) is 5.69 Å². The summed E-state index contributed by atoms with van der Waals surface area (Å²) < 4.78 is 18.1. The van der Waals surface area contributed by atoms with Gasteiger partial charge in [-0.15, -0.1) is 0 Å². The maximum absolute atomic E-state index is 13.5. The lowest BCUT2D eigenvalue weighted by Gasteiger charge is -2.35.